The zero-order chi connectivity index (χ0) is 13.8. The van der Waals surface area contributed by atoms with Crippen LogP contribution in [0.3, 0.4) is 0 Å². The van der Waals surface area contributed by atoms with E-state index in [1.165, 1.54) is 0 Å². The van der Waals surface area contributed by atoms with Crippen LogP contribution >= 0.6 is 0 Å². The van der Waals surface area contributed by atoms with Gasteiger partial charge in [0.1, 0.15) is 0 Å². The lowest BCUT2D eigenvalue weighted by Gasteiger charge is -2.28. The lowest BCUT2D eigenvalue weighted by molar-refractivity contribution is -0.141. The fraction of sp³-hybridized carbons (Fsp3) is 0.857. The van der Waals surface area contributed by atoms with Gasteiger partial charge in [-0.25, -0.2) is 0 Å². The van der Waals surface area contributed by atoms with Gasteiger partial charge in [0, 0.05) is 32.7 Å². The van der Waals surface area contributed by atoms with Gasteiger partial charge >= 0.3 is 5.97 Å². The van der Waals surface area contributed by atoms with Crippen molar-refractivity contribution in [3.8, 4) is 0 Å². The van der Waals surface area contributed by atoms with Gasteiger partial charge in [0.2, 0.25) is 5.91 Å². The van der Waals surface area contributed by atoms with E-state index in [2.05, 4.69) is 0 Å². The Labute approximate surface area is 113 Å². The quantitative estimate of drug-likeness (QED) is 0.837. The molecule has 5 nitrogen and oxygen atoms in total. The molecule has 1 saturated carbocycles. The van der Waals surface area contributed by atoms with E-state index < -0.39 is 5.97 Å². The molecular weight excluding hydrogens is 246 g/mol. The molecular formula is C14H23NO4. The van der Waals surface area contributed by atoms with Crippen molar-refractivity contribution in [2.75, 3.05) is 26.8 Å². The third-order valence-corrected chi connectivity index (χ3v) is 4.38. The Kier molecular flexibility index (Phi) is 4.80. The van der Waals surface area contributed by atoms with Gasteiger partial charge in [-0.15, -0.1) is 0 Å². The molecule has 0 aromatic carbocycles. The molecule has 2 rings (SSSR count). The first-order valence-electron chi connectivity index (χ1n) is 7.13. The molecule has 5 heteroatoms. The zero-order valence-corrected chi connectivity index (χ0v) is 11.5. The highest BCUT2D eigenvalue weighted by Gasteiger charge is 2.35. The molecule has 19 heavy (non-hydrogen) atoms. The summed E-state index contributed by atoms with van der Waals surface area (Å²) in [4.78, 5) is 25.0. The molecule has 1 N–H and O–H groups in total. The standard InChI is InChI=1S/C14H23NO4/c1-15(9-10-4-6-19-7-5-10)13(16)11-2-3-12(8-11)14(17)18/h10-12H,2-9H2,1H3,(H,17,18)/t11-,12+/m1/s1. The van der Waals surface area contributed by atoms with Crippen LogP contribution < -0.4 is 0 Å². The van der Waals surface area contributed by atoms with Gasteiger partial charge in [0.15, 0.2) is 0 Å². The summed E-state index contributed by atoms with van der Waals surface area (Å²) in [6, 6.07) is 0. The highest BCUT2D eigenvalue weighted by Crippen LogP contribution is 2.32. The second-order valence-corrected chi connectivity index (χ2v) is 5.82. The van der Waals surface area contributed by atoms with Crippen LogP contribution in [-0.4, -0.2) is 48.7 Å². The first-order chi connectivity index (χ1) is 9.08. The molecule has 0 spiro atoms. The summed E-state index contributed by atoms with van der Waals surface area (Å²) in [6.07, 6.45) is 3.89. The molecule has 0 unspecified atom stereocenters. The van der Waals surface area contributed by atoms with Crippen molar-refractivity contribution in [2.24, 2.45) is 17.8 Å². The Hall–Kier alpha value is -1.10. The molecule has 1 saturated heterocycles. The van der Waals surface area contributed by atoms with Gasteiger partial charge in [0.05, 0.1) is 5.92 Å². The number of carbonyl (C=O) groups excluding carboxylic acids is 1. The number of carboxylic acids is 1. The minimum absolute atomic E-state index is 0.0917. The maximum absolute atomic E-state index is 12.3. The number of carboxylic acid groups (broad SMARTS) is 1. The van der Waals surface area contributed by atoms with E-state index in [0.717, 1.165) is 32.6 Å². The fourth-order valence-electron chi connectivity index (χ4n) is 3.15. The summed E-state index contributed by atoms with van der Waals surface area (Å²) in [7, 11) is 1.84. The van der Waals surface area contributed by atoms with Crippen molar-refractivity contribution in [3.63, 3.8) is 0 Å². The number of aliphatic carboxylic acids is 1. The molecule has 2 aliphatic rings. The Morgan fingerprint density at radius 1 is 1.16 bits per heavy atom. The lowest BCUT2D eigenvalue weighted by Crippen LogP contribution is -2.37. The van der Waals surface area contributed by atoms with E-state index in [4.69, 9.17) is 9.84 Å². The molecule has 1 amide bonds. The largest absolute Gasteiger partial charge is 0.481 e. The minimum Gasteiger partial charge on any atom is -0.481 e. The lowest BCUT2D eigenvalue weighted by atomic mass is 9.98. The Balaban J connectivity index is 1.80. The average molecular weight is 269 g/mol. The molecule has 0 radical (unpaired) electrons. The van der Waals surface area contributed by atoms with Crippen molar-refractivity contribution < 1.29 is 19.4 Å². The number of rotatable bonds is 4. The zero-order valence-electron chi connectivity index (χ0n) is 11.5. The number of amides is 1. The smallest absolute Gasteiger partial charge is 0.306 e. The van der Waals surface area contributed by atoms with Crippen LogP contribution in [0.5, 0.6) is 0 Å². The van der Waals surface area contributed by atoms with Gasteiger partial charge in [-0.05, 0) is 38.0 Å². The van der Waals surface area contributed by atoms with Crippen molar-refractivity contribution in [1.82, 2.24) is 4.90 Å². The van der Waals surface area contributed by atoms with Crippen molar-refractivity contribution >= 4 is 11.9 Å². The normalized spacial score (nSPS) is 28.3. The molecule has 1 aliphatic carbocycles. The Bertz CT molecular complexity index is 338. The molecule has 0 bridgehead atoms. The highest BCUT2D eigenvalue weighted by atomic mass is 16.5. The van der Waals surface area contributed by atoms with Gasteiger partial charge < -0.3 is 14.7 Å². The third-order valence-electron chi connectivity index (χ3n) is 4.38. The van der Waals surface area contributed by atoms with E-state index in [9.17, 15) is 9.59 Å². The molecule has 2 atom stereocenters. The topological polar surface area (TPSA) is 66.8 Å². The van der Waals surface area contributed by atoms with E-state index in [-0.39, 0.29) is 17.7 Å². The van der Waals surface area contributed by atoms with E-state index >= 15 is 0 Å². The minimum atomic E-state index is -0.762. The number of ether oxygens (including phenoxy) is 1. The second-order valence-electron chi connectivity index (χ2n) is 5.82. The summed E-state index contributed by atoms with van der Waals surface area (Å²) < 4.78 is 5.31. The maximum Gasteiger partial charge on any atom is 0.306 e. The van der Waals surface area contributed by atoms with E-state index in [0.29, 0.717) is 25.2 Å². The van der Waals surface area contributed by atoms with Crippen LogP contribution in [0.2, 0.25) is 0 Å². The first kappa shape index (κ1) is 14.3. The number of hydrogen-bond acceptors (Lipinski definition) is 3. The van der Waals surface area contributed by atoms with Crippen LogP contribution in [0.25, 0.3) is 0 Å². The van der Waals surface area contributed by atoms with Gasteiger partial charge in [-0.1, -0.05) is 0 Å². The summed E-state index contributed by atoms with van der Waals surface area (Å²) in [6.45, 7) is 2.35. The van der Waals surface area contributed by atoms with Crippen LogP contribution in [0.1, 0.15) is 32.1 Å². The second kappa shape index (κ2) is 6.37. The van der Waals surface area contributed by atoms with Crippen LogP contribution in [0.4, 0.5) is 0 Å². The third kappa shape index (κ3) is 3.69. The number of nitrogens with zero attached hydrogens (tertiary/aromatic N) is 1. The summed E-state index contributed by atoms with van der Waals surface area (Å²) in [5.74, 6) is -0.534. The summed E-state index contributed by atoms with van der Waals surface area (Å²) in [5.41, 5.74) is 0. The fourth-order valence-corrected chi connectivity index (χ4v) is 3.15. The number of carbonyl (C=O) groups is 2. The van der Waals surface area contributed by atoms with Gasteiger partial charge in [-0.3, -0.25) is 9.59 Å². The Morgan fingerprint density at radius 3 is 2.37 bits per heavy atom. The SMILES string of the molecule is CN(CC1CCOCC1)C(=O)[C@@H]1CC[C@H](C(=O)O)C1. The van der Waals surface area contributed by atoms with Crippen molar-refractivity contribution in [1.29, 1.82) is 0 Å². The maximum atomic E-state index is 12.3. The molecule has 108 valence electrons. The molecule has 2 fully saturated rings. The molecule has 1 aliphatic heterocycles. The first-order valence-corrected chi connectivity index (χ1v) is 7.13. The van der Waals surface area contributed by atoms with Crippen molar-refractivity contribution in [3.05, 3.63) is 0 Å². The summed E-state index contributed by atoms with van der Waals surface area (Å²) >= 11 is 0. The van der Waals surface area contributed by atoms with Gasteiger partial charge in [-0.2, -0.15) is 0 Å². The van der Waals surface area contributed by atoms with Crippen molar-refractivity contribution in [2.45, 2.75) is 32.1 Å². The molecule has 1 heterocycles. The number of hydrogen-bond donors (Lipinski definition) is 1. The Morgan fingerprint density at radius 2 is 1.79 bits per heavy atom. The van der Waals surface area contributed by atoms with Crippen LogP contribution in [0, 0.1) is 17.8 Å². The highest BCUT2D eigenvalue weighted by molar-refractivity contribution is 5.80. The van der Waals surface area contributed by atoms with E-state index in [1.54, 1.807) is 4.90 Å². The van der Waals surface area contributed by atoms with Crippen LogP contribution in [-0.2, 0) is 14.3 Å². The monoisotopic (exact) mass is 269 g/mol. The van der Waals surface area contributed by atoms with E-state index in [1.807, 2.05) is 7.05 Å². The van der Waals surface area contributed by atoms with Crippen LogP contribution in [0.15, 0.2) is 0 Å². The molecule has 0 aromatic heterocycles. The molecule has 0 aromatic rings. The predicted molar refractivity (Wildman–Crippen MR) is 69.6 cm³/mol. The summed E-state index contributed by atoms with van der Waals surface area (Å²) in [5, 5.41) is 8.97. The average Bonchev–Trinajstić information content (AvgIpc) is 2.88. The predicted octanol–water partition coefficient (Wildman–Crippen LogP) is 1.37. The van der Waals surface area contributed by atoms with Gasteiger partial charge in [0.25, 0.3) is 0 Å².